The predicted octanol–water partition coefficient (Wildman–Crippen LogP) is 2.86. The quantitative estimate of drug-likeness (QED) is 0.885. The number of nitrogens with one attached hydrogen (secondary N) is 1. The van der Waals surface area contributed by atoms with Crippen molar-refractivity contribution in [3.8, 4) is 6.07 Å². The van der Waals surface area contributed by atoms with Crippen LogP contribution in [0.3, 0.4) is 0 Å². The molecular formula is C18H20N2O. The molecule has 2 rings (SSSR count). The standard InChI is InChI=1S/C18H20N2O/c1-14-10-15(11-19)8-9-16(14)12-20-18(2,13-21)17-6-4-3-5-7-17/h3-10,20-21H,12-13H2,1-2H3. The molecule has 2 N–H and O–H groups in total. The molecule has 1 unspecified atom stereocenters. The van der Waals surface area contributed by atoms with Crippen molar-refractivity contribution in [2.45, 2.75) is 25.9 Å². The number of aliphatic hydroxyl groups is 1. The summed E-state index contributed by atoms with van der Waals surface area (Å²) in [6.45, 7) is 4.65. The van der Waals surface area contributed by atoms with Crippen molar-refractivity contribution in [2.75, 3.05) is 6.61 Å². The average molecular weight is 280 g/mol. The maximum Gasteiger partial charge on any atom is 0.0991 e. The van der Waals surface area contributed by atoms with Crippen LogP contribution in [0.2, 0.25) is 0 Å². The van der Waals surface area contributed by atoms with Gasteiger partial charge in [-0.15, -0.1) is 0 Å². The summed E-state index contributed by atoms with van der Waals surface area (Å²) in [7, 11) is 0. The van der Waals surface area contributed by atoms with Gasteiger partial charge in [0.05, 0.1) is 23.8 Å². The Bertz CT molecular complexity index is 646. The Labute approximate surface area is 125 Å². The molecule has 2 aromatic rings. The molecular weight excluding hydrogens is 260 g/mol. The highest BCUT2D eigenvalue weighted by Crippen LogP contribution is 2.21. The fourth-order valence-corrected chi connectivity index (χ4v) is 2.31. The van der Waals surface area contributed by atoms with Gasteiger partial charge >= 0.3 is 0 Å². The van der Waals surface area contributed by atoms with E-state index in [0.717, 1.165) is 16.7 Å². The minimum atomic E-state index is -0.485. The number of aliphatic hydroxyl groups excluding tert-OH is 1. The predicted molar refractivity (Wildman–Crippen MR) is 83.6 cm³/mol. The molecule has 0 saturated heterocycles. The first-order valence-electron chi connectivity index (χ1n) is 7.00. The first-order chi connectivity index (χ1) is 10.1. The van der Waals surface area contributed by atoms with Gasteiger partial charge in [0.2, 0.25) is 0 Å². The van der Waals surface area contributed by atoms with E-state index in [2.05, 4.69) is 11.4 Å². The fraction of sp³-hybridized carbons (Fsp3) is 0.278. The van der Waals surface area contributed by atoms with E-state index < -0.39 is 5.54 Å². The number of benzene rings is 2. The number of nitriles is 1. The Kier molecular flexibility index (Phi) is 4.74. The monoisotopic (exact) mass is 280 g/mol. The van der Waals surface area contributed by atoms with E-state index in [-0.39, 0.29) is 6.61 Å². The normalized spacial score (nSPS) is 13.4. The van der Waals surface area contributed by atoms with E-state index in [0.29, 0.717) is 12.1 Å². The third-order valence-electron chi connectivity index (χ3n) is 3.87. The fourth-order valence-electron chi connectivity index (χ4n) is 2.31. The van der Waals surface area contributed by atoms with E-state index in [1.807, 2.05) is 62.4 Å². The van der Waals surface area contributed by atoms with Crippen molar-refractivity contribution >= 4 is 0 Å². The zero-order valence-electron chi connectivity index (χ0n) is 12.4. The molecule has 0 aliphatic heterocycles. The van der Waals surface area contributed by atoms with Crippen LogP contribution in [0, 0.1) is 18.3 Å². The Morgan fingerprint density at radius 1 is 1.19 bits per heavy atom. The lowest BCUT2D eigenvalue weighted by atomic mass is 9.92. The van der Waals surface area contributed by atoms with Crippen LogP contribution in [-0.4, -0.2) is 11.7 Å². The van der Waals surface area contributed by atoms with Gasteiger partial charge in [-0.3, -0.25) is 0 Å². The van der Waals surface area contributed by atoms with Crippen LogP contribution in [-0.2, 0) is 12.1 Å². The number of rotatable bonds is 5. The van der Waals surface area contributed by atoms with Crippen LogP contribution >= 0.6 is 0 Å². The third-order valence-corrected chi connectivity index (χ3v) is 3.87. The minimum Gasteiger partial charge on any atom is -0.394 e. The summed E-state index contributed by atoms with van der Waals surface area (Å²) in [5.41, 5.74) is 3.45. The number of hydrogen-bond acceptors (Lipinski definition) is 3. The zero-order valence-corrected chi connectivity index (χ0v) is 12.4. The molecule has 0 amide bonds. The van der Waals surface area contributed by atoms with Crippen LogP contribution in [0.1, 0.15) is 29.2 Å². The average Bonchev–Trinajstić information content (AvgIpc) is 2.54. The zero-order chi connectivity index (χ0) is 15.3. The summed E-state index contributed by atoms with van der Waals surface area (Å²) in [6, 6.07) is 17.7. The molecule has 0 aliphatic carbocycles. The van der Waals surface area contributed by atoms with Crippen molar-refractivity contribution in [1.29, 1.82) is 5.26 Å². The lowest BCUT2D eigenvalue weighted by molar-refractivity contribution is 0.173. The summed E-state index contributed by atoms with van der Waals surface area (Å²) < 4.78 is 0. The maximum atomic E-state index is 9.76. The highest BCUT2D eigenvalue weighted by molar-refractivity contribution is 5.37. The molecule has 0 aromatic heterocycles. The van der Waals surface area contributed by atoms with Crippen molar-refractivity contribution in [3.63, 3.8) is 0 Å². The summed E-state index contributed by atoms with van der Waals surface area (Å²) in [5, 5.41) is 22.1. The van der Waals surface area contributed by atoms with Gasteiger partial charge in [-0.2, -0.15) is 5.26 Å². The Morgan fingerprint density at radius 3 is 2.48 bits per heavy atom. The largest absolute Gasteiger partial charge is 0.394 e. The second kappa shape index (κ2) is 6.53. The Hall–Kier alpha value is -2.15. The van der Waals surface area contributed by atoms with E-state index >= 15 is 0 Å². The summed E-state index contributed by atoms with van der Waals surface area (Å²) >= 11 is 0. The van der Waals surface area contributed by atoms with Gasteiger partial charge < -0.3 is 10.4 Å². The highest BCUT2D eigenvalue weighted by atomic mass is 16.3. The molecule has 1 atom stereocenters. The summed E-state index contributed by atoms with van der Waals surface area (Å²) in [5.74, 6) is 0. The molecule has 0 bridgehead atoms. The van der Waals surface area contributed by atoms with Crippen LogP contribution in [0.15, 0.2) is 48.5 Å². The molecule has 0 fully saturated rings. The second-order valence-corrected chi connectivity index (χ2v) is 5.46. The summed E-state index contributed by atoms with van der Waals surface area (Å²) in [6.07, 6.45) is 0. The molecule has 0 spiro atoms. The molecule has 21 heavy (non-hydrogen) atoms. The van der Waals surface area contributed by atoms with E-state index in [4.69, 9.17) is 5.26 Å². The molecule has 0 saturated carbocycles. The molecule has 0 heterocycles. The first kappa shape index (κ1) is 15.2. The van der Waals surface area contributed by atoms with Crippen LogP contribution in [0.5, 0.6) is 0 Å². The van der Waals surface area contributed by atoms with Crippen LogP contribution < -0.4 is 5.32 Å². The Balaban J connectivity index is 2.16. The van der Waals surface area contributed by atoms with E-state index in [9.17, 15) is 5.11 Å². The Morgan fingerprint density at radius 2 is 1.90 bits per heavy atom. The third kappa shape index (κ3) is 3.49. The maximum absolute atomic E-state index is 9.76. The van der Waals surface area contributed by atoms with Gasteiger partial charge in [0.15, 0.2) is 0 Å². The second-order valence-electron chi connectivity index (χ2n) is 5.46. The first-order valence-corrected chi connectivity index (χ1v) is 7.00. The van der Waals surface area contributed by atoms with Crippen molar-refractivity contribution in [3.05, 3.63) is 70.8 Å². The van der Waals surface area contributed by atoms with Crippen LogP contribution in [0.4, 0.5) is 0 Å². The van der Waals surface area contributed by atoms with E-state index in [1.54, 1.807) is 0 Å². The smallest absolute Gasteiger partial charge is 0.0991 e. The number of aryl methyl sites for hydroxylation is 1. The van der Waals surface area contributed by atoms with Gasteiger partial charge in [-0.25, -0.2) is 0 Å². The highest BCUT2D eigenvalue weighted by Gasteiger charge is 2.24. The summed E-state index contributed by atoms with van der Waals surface area (Å²) in [4.78, 5) is 0. The van der Waals surface area contributed by atoms with E-state index in [1.165, 1.54) is 0 Å². The number of hydrogen-bond donors (Lipinski definition) is 2. The van der Waals surface area contributed by atoms with Gasteiger partial charge in [-0.1, -0.05) is 36.4 Å². The molecule has 0 aliphatic rings. The molecule has 3 nitrogen and oxygen atoms in total. The molecule has 0 radical (unpaired) electrons. The SMILES string of the molecule is Cc1cc(C#N)ccc1CNC(C)(CO)c1ccccc1. The lowest BCUT2D eigenvalue weighted by Gasteiger charge is -2.30. The van der Waals surface area contributed by atoms with Crippen molar-refractivity contribution in [1.82, 2.24) is 5.32 Å². The van der Waals surface area contributed by atoms with Crippen molar-refractivity contribution in [2.24, 2.45) is 0 Å². The van der Waals surface area contributed by atoms with Gasteiger partial charge in [0.1, 0.15) is 0 Å². The van der Waals surface area contributed by atoms with Crippen molar-refractivity contribution < 1.29 is 5.11 Å². The van der Waals surface area contributed by atoms with Crippen LogP contribution in [0.25, 0.3) is 0 Å². The molecule has 3 heteroatoms. The minimum absolute atomic E-state index is 0.0202. The lowest BCUT2D eigenvalue weighted by Crippen LogP contribution is -2.42. The molecule has 2 aromatic carbocycles. The topological polar surface area (TPSA) is 56.0 Å². The van der Waals surface area contributed by atoms with Gasteiger partial charge in [0.25, 0.3) is 0 Å². The number of nitrogens with zero attached hydrogens (tertiary/aromatic N) is 1. The molecule has 108 valence electrons. The van der Waals surface area contributed by atoms with Gasteiger partial charge in [-0.05, 0) is 42.7 Å². The van der Waals surface area contributed by atoms with Gasteiger partial charge in [0, 0.05) is 6.54 Å².